The number of hydrogen-bond donors (Lipinski definition) is 0. The number of esters is 2. The van der Waals surface area contributed by atoms with Crippen molar-refractivity contribution < 1.29 is 32.0 Å². The van der Waals surface area contributed by atoms with E-state index in [0.29, 0.717) is 49.0 Å². The van der Waals surface area contributed by atoms with Crippen LogP contribution in [0.15, 0.2) is 65.6 Å². The van der Waals surface area contributed by atoms with Crippen molar-refractivity contribution in [1.29, 1.82) is 0 Å². The molecule has 46 heavy (non-hydrogen) atoms. The van der Waals surface area contributed by atoms with Gasteiger partial charge in [-0.05, 0) is 122 Å². The van der Waals surface area contributed by atoms with E-state index in [-0.39, 0.29) is 46.4 Å². The van der Waals surface area contributed by atoms with Gasteiger partial charge in [-0.1, -0.05) is 48.5 Å². The van der Waals surface area contributed by atoms with Gasteiger partial charge < -0.3 is 14.0 Å². The Morgan fingerprint density at radius 3 is 2.00 bits per heavy atom. The zero-order valence-corrected chi connectivity index (χ0v) is 26.5. The quantitative estimate of drug-likeness (QED) is 0.177. The van der Waals surface area contributed by atoms with Gasteiger partial charge >= 0.3 is 11.9 Å². The van der Waals surface area contributed by atoms with Crippen LogP contribution in [0.3, 0.4) is 0 Å². The van der Waals surface area contributed by atoms with Crippen LogP contribution in [0.4, 0.5) is 0 Å². The molecule has 0 radical (unpaired) electrons. The van der Waals surface area contributed by atoms with E-state index in [1.165, 1.54) is 34.4 Å². The second-order valence-corrected chi connectivity index (χ2v) is 16.4. The van der Waals surface area contributed by atoms with E-state index in [1.54, 1.807) is 0 Å². The van der Waals surface area contributed by atoms with Crippen LogP contribution < -0.4 is 4.74 Å². The molecule has 4 fully saturated rings. The van der Waals surface area contributed by atoms with Crippen LogP contribution in [0.5, 0.6) is 5.75 Å². The maximum Gasteiger partial charge on any atom is 0.317 e. The molecule has 0 aliphatic heterocycles. The molecule has 7 nitrogen and oxygen atoms in total. The highest BCUT2D eigenvalue weighted by molar-refractivity contribution is 7.85. The highest BCUT2D eigenvalue weighted by atomic mass is 32.2. The normalized spacial score (nSPS) is 33.1. The predicted molar refractivity (Wildman–Crippen MR) is 167 cm³/mol. The smallest absolute Gasteiger partial charge is 0.317 e. The van der Waals surface area contributed by atoms with E-state index in [1.807, 2.05) is 0 Å². The summed E-state index contributed by atoms with van der Waals surface area (Å²) < 4.78 is 48.8. The zero-order valence-electron chi connectivity index (χ0n) is 25.7. The summed E-state index contributed by atoms with van der Waals surface area (Å²) in [6, 6.07) is 19.8. The number of fused-ring (bicyclic) bond motifs is 2. The number of benzene rings is 3. The Balaban J connectivity index is 1.00. The number of hydrogen-bond acceptors (Lipinski definition) is 7. The van der Waals surface area contributed by atoms with Crippen LogP contribution in [-0.4, -0.2) is 30.5 Å². The summed E-state index contributed by atoms with van der Waals surface area (Å²) in [6.45, 7) is 0. The van der Waals surface area contributed by atoms with Gasteiger partial charge in [0.2, 0.25) is 0 Å². The van der Waals surface area contributed by atoms with E-state index < -0.39 is 21.1 Å². The Morgan fingerprint density at radius 1 is 0.761 bits per heavy atom. The topological polar surface area (TPSA) is 110 Å². The molecule has 0 saturated heterocycles. The molecule has 8 heteroatoms. The van der Waals surface area contributed by atoms with E-state index >= 15 is 0 Å². The Morgan fingerprint density at radius 2 is 1.37 bits per heavy atom. The van der Waals surface area contributed by atoms with Crippen LogP contribution in [0.1, 0.15) is 103 Å². The maximum absolute atomic E-state index is 14.3. The van der Waals surface area contributed by atoms with Crippen molar-refractivity contribution in [2.24, 2.45) is 23.2 Å². The lowest BCUT2D eigenvalue weighted by atomic mass is 9.48. The van der Waals surface area contributed by atoms with E-state index in [4.69, 9.17) is 9.47 Å². The molecule has 6 bridgehead atoms. The summed E-state index contributed by atoms with van der Waals surface area (Å²) in [6.07, 6.45) is 7.88. The lowest BCUT2D eigenvalue weighted by Crippen LogP contribution is -2.61. The van der Waals surface area contributed by atoms with Gasteiger partial charge in [-0.25, -0.2) is 8.42 Å². The minimum atomic E-state index is -4.63. The largest absolute Gasteiger partial charge is 0.744 e. The molecule has 3 atom stereocenters. The third-order valence-electron chi connectivity index (χ3n) is 12.3. The molecular formula is C38H37O7S-. The first-order valence-corrected chi connectivity index (χ1v) is 18.3. The highest BCUT2D eigenvalue weighted by Crippen LogP contribution is 2.64. The standard InChI is InChI=1S/C38H38O7S/c39-35(31-16-30-24-7-1-5-11-28(24)34(31)29-12-6-2-8-25(29)30)45-38-19-22-15-23(20-38)18-37(17-22,21-38)36(40)44-32-13-14-33(46(41,42)43)27-10-4-3-9-26(27)32/h1-2,5-8,11-14,22-23,30-31,34H,3-4,9-10,15-21H2,(H,41,42,43)/p-1. The van der Waals surface area contributed by atoms with Crippen molar-refractivity contribution in [3.8, 4) is 5.75 Å². The molecule has 0 heterocycles. The molecule has 4 saturated carbocycles. The SMILES string of the molecule is O=C(OC12CC3CC(C1)CC(C(=O)Oc1ccc(S(=O)(=O)[O-])c4c1CCCC4)(C3)C2)C1CC2c3ccccc3C1c1ccccc12. The average molecular weight is 638 g/mol. The van der Waals surface area contributed by atoms with Gasteiger partial charge in [-0.15, -0.1) is 0 Å². The molecule has 11 rings (SSSR count). The van der Waals surface area contributed by atoms with Crippen molar-refractivity contribution in [2.45, 2.75) is 93.0 Å². The van der Waals surface area contributed by atoms with Crippen molar-refractivity contribution in [1.82, 2.24) is 0 Å². The summed E-state index contributed by atoms with van der Waals surface area (Å²) in [5.41, 5.74) is 4.80. The van der Waals surface area contributed by atoms with Crippen molar-refractivity contribution >= 4 is 22.1 Å². The zero-order chi connectivity index (χ0) is 31.4. The molecule has 0 aromatic heterocycles. The van der Waals surface area contributed by atoms with Crippen LogP contribution >= 0.6 is 0 Å². The van der Waals surface area contributed by atoms with Gasteiger partial charge in [0.25, 0.3) is 0 Å². The Bertz CT molecular complexity index is 1850. The van der Waals surface area contributed by atoms with Crippen LogP contribution in [-0.2, 0) is 37.3 Å². The van der Waals surface area contributed by atoms with Gasteiger partial charge in [0, 0.05) is 18.3 Å². The number of carbonyl (C=O) groups is 2. The summed E-state index contributed by atoms with van der Waals surface area (Å²) in [4.78, 5) is 28.3. The molecule has 3 unspecified atom stereocenters. The van der Waals surface area contributed by atoms with E-state index in [2.05, 4.69) is 48.5 Å². The minimum Gasteiger partial charge on any atom is -0.744 e. The second kappa shape index (κ2) is 10.0. The van der Waals surface area contributed by atoms with Crippen LogP contribution in [0, 0.1) is 23.2 Å². The summed E-state index contributed by atoms with van der Waals surface area (Å²) in [7, 11) is -4.63. The fourth-order valence-corrected chi connectivity index (χ4v) is 11.8. The molecule has 3 aromatic rings. The van der Waals surface area contributed by atoms with Crippen molar-refractivity contribution in [2.75, 3.05) is 0 Å². The van der Waals surface area contributed by atoms with Crippen molar-refractivity contribution in [3.63, 3.8) is 0 Å². The highest BCUT2D eigenvalue weighted by Gasteiger charge is 2.63. The molecule has 0 N–H and O–H groups in total. The molecule has 3 aromatic carbocycles. The number of rotatable bonds is 5. The summed E-state index contributed by atoms with van der Waals surface area (Å²) in [5.74, 6) is 0.337. The predicted octanol–water partition coefficient (Wildman–Crippen LogP) is 6.55. The van der Waals surface area contributed by atoms with Gasteiger partial charge in [0.05, 0.1) is 16.2 Å². The first kappa shape index (κ1) is 28.7. The lowest BCUT2D eigenvalue weighted by molar-refractivity contribution is -0.212. The fourth-order valence-electron chi connectivity index (χ4n) is 11.0. The van der Waals surface area contributed by atoms with Crippen LogP contribution in [0.25, 0.3) is 0 Å². The van der Waals surface area contributed by atoms with Gasteiger partial charge in [0.15, 0.2) is 0 Å². The number of ether oxygens (including phenoxy) is 2. The molecule has 8 aliphatic carbocycles. The first-order chi connectivity index (χ1) is 22.1. The fraction of sp³-hybridized carbons (Fsp3) is 0.474. The molecule has 8 aliphatic rings. The molecular weight excluding hydrogens is 600 g/mol. The summed E-state index contributed by atoms with van der Waals surface area (Å²) in [5, 5.41) is 0. The van der Waals surface area contributed by atoms with E-state index in [9.17, 15) is 22.6 Å². The Hall–Kier alpha value is -3.49. The first-order valence-electron chi connectivity index (χ1n) is 16.9. The average Bonchev–Trinajstić information content (AvgIpc) is 3.03. The Kier molecular flexibility index (Phi) is 6.25. The number of carbonyl (C=O) groups excluding carboxylic acids is 2. The summed E-state index contributed by atoms with van der Waals surface area (Å²) >= 11 is 0. The van der Waals surface area contributed by atoms with E-state index in [0.717, 1.165) is 38.5 Å². The minimum absolute atomic E-state index is 0.0372. The van der Waals surface area contributed by atoms with Gasteiger partial charge in [0.1, 0.15) is 21.5 Å². The Labute approximate surface area is 269 Å². The monoisotopic (exact) mass is 637 g/mol. The maximum atomic E-state index is 14.3. The van der Waals surface area contributed by atoms with Gasteiger partial charge in [-0.2, -0.15) is 0 Å². The second-order valence-electron chi connectivity index (χ2n) is 15.0. The molecule has 238 valence electrons. The third kappa shape index (κ3) is 4.28. The van der Waals surface area contributed by atoms with Crippen molar-refractivity contribution in [3.05, 3.63) is 94.0 Å². The molecule has 0 amide bonds. The van der Waals surface area contributed by atoms with Gasteiger partial charge in [-0.3, -0.25) is 9.59 Å². The lowest BCUT2D eigenvalue weighted by Gasteiger charge is -2.60. The molecule has 0 spiro atoms. The third-order valence-corrected chi connectivity index (χ3v) is 13.2. The van der Waals surface area contributed by atoms with Crippen LogP contribution in [0.2, 0.25) is 0 Å².